The fourth-order valence-electron chi connectivity index (χ4n) is 2.09. The second kappa shape index (κ2) is 4.40. The van der Waals surface area contributed by atoms with Crippen LogP contribution in [0, 0.1) is 0 Å². The van der Waals surface area contributed by atoms with E-state index in [0.717, 1.165) is 22.2 Å². The average Bonchev–Trinajstić information content (AvgIpc) is 3.05. The number of rotatable bonds is 3. The van der Waals surface area contributed by atoms with Crippen LogP contribution in [0.25, 0.3) is 22.3 Å². The number of benzene rings is 1. The Bertz CT molecular complexity index is 729. The molecular formula is C13H14N4O2. The molecule has 6 nitrogen and oxygen atoms in total. The SMILES string of the molecule is COc1cc(-c2noc(CN)n2)cc2c1ccn2C. The van der Waals surface area contributed by atoms with Gasteiger partial charge in [0.15, 0.2) is 0 Å². The lowest BCUT2D eigenvalue weighted by molar-refractivity contribution is 0.380. The number of fused-ring (bicyclic) bond motifs is 1. The number of aromatic nitrogens is 3. The number of nitrogens with zero attached hydrogens (tertiary/aromatic N) is 3. The molecule has 0 spiro atoms. The maximum Gasteiger partial charge on any atom is 0.240 e. The van der Waals surface area contributed by atoms with Crippen LogP contribution in [0.1, 0.15) is 5.89 Å². The van der Waals surface area contributed by atoms with Crippen LogP contribution >= 0.6 is 0 Å². The van der Waals surface area contributed by atoms with Gasteiger partial charge in [0.1, 0.15) is 5.75 Å². The van der Waals surface area contributed by atoms with Gasteiger partial charge in [-0.05, 0) is 18.2 Å². The molecular weight excluding hydrogens is 244 g/mol. The summed E-state index contributed by atoms with van der Waals surface area (Å²) in [6.07, 6.45) is 1.98. The molecule has 0 unspecified atom stereocenters. The molecule has 2 N–H and O–H groups in total. The molecule has 2 heterocycles. The summed E-state index contributed by atoms with van der Waals surface area (Å²) in [5.41, 5.74) is 7.36. The number of aryl methyl sites for hydroxylation is 1. The highest BCUT2D eigenvalue weighted by Crippen LogP contribution is 2.31. The van der Waals surface area contributed by atoms with E-state index in [2.05, 4.69) is 10.1 Å². The number of nitrogens with two attached hydrogens (primary N) is 1. The Labute approximate surface area is 109 Å². The van der Waals surface area contributed by atoms with Crippen molar-refractivity contribution in [3.63, 3.8) is 0 Å². The van der Waals surface area contributed by atoms with Gasteiger partial charge in [0.25, 0.3) is 0 Å². The number of hydrogen-bond acceptors (Lipinski definition) is 5. The number of methoxy groups -OCH3 is 1. The van der Waals surface area contributed by atoms with Crippen LogP contribution in [-0.4, -0.2) is 21.8 Å². The second-order valence-corrected chi connectivity index (χ2v) is 4.25. The van der Waals surface area contributed by atoms with Gasteiger partial charge >= 0.3 is 0 Å². The Morgan fingerprint density at radius 2 is 2.26 bits per heavy atom. The third-order valence-electron chi connectivity index (χ3n) is 3.09. The molecule has 0 aliphatic rings. The monoisotopic (exact) mass is 258 g/mol. The minimum atomic E-state index is 0.233. The Hall–Kier alpha value is -2.34. The number of hydrogen-bond donors (Lipinski definition) is 1. The first kappa shape index (κ1) is 11.7. The first-order valence-corrected chi connectivity index (χ1v) is 5.89. The van der Waals surface area contributed by atoms with E-state index in [1.807, 2.05) is 36.0 Å². The van der Waals surface area contributed by atoms with Crippen molar-refractivity contribution in [1.29, 1.82) is 0 Å². The van der Waals surface area contributed by atoms with Crippen LogP contribution in [0.15, 0.2) is 28.9 Å². The summed E-state index contributed by atoms with van der Waals surface area (Å²) < 4.78 is 12.5. The van der Waals surface area contributed by atoms with Crippen molar-refractivity contribution >= 4 is 10.9 Å². The lowest BCUT2D eigenvalue weighted by Crippen LogP contribution is -1.95. The van der Waals surface area contributed by atoms with Gasteiger partial charge in [0.05, 0.1) is 19.2 Å². The van der Waals surface area contributed by atoms with E-state index in [4.69, 9.17) is 15.0 Å². The van der Waals surface area contributed by atoms with Crippen molar-refractivity contribution in [3.05, 3.63) is 30.3 Å². The van der Waals surface area contributed by atoms with E-state index in [-0.39, 0.29) is 6.54 Å². The van der Waals surface area contributed by atoms with Crippen LogP contribution < -0.4 is 10.5 Å². The first-order valence-electron chi connectivity index (χ1n) is 5.89. The minimum Gasteiger partial charge on any atom is -0.496 e. The second-order valence-electron chi connectivity index (χ2n) is 4.25. The Morgan fingerprint density at radius 3 is 2.95 bits per heavy atom. The fourth-order valence-corrected chi connectivity index (χ4v) is 2.09. The fraction of sp³-hybridized carbons (Fsp3) is 0.231. The summed E-state index contributed by atoms with van der Waals surface area (Å²) in [6.45, 7) is 0.233. The predicted octanol–water partition coefficient (Wildman–Crippen LogP) is 1.70. The third kappa shape index (κ3) is 1.86. The highest BCUT2D eigenvalue weighted by atomic mass is 16.5. The first-order chi connectivity index (χ1) is 9.22. The summed E-state index contributed by atoms with van der Waals surface area (Å²) >= 11 is 0. The highest BCUT2D eigenvalue weighted by molar-refractivity contribution is 5.90. The summed E-state index contributed by atoms with van der Waals surface area (Å²) in [4.78, 5) is 4.23. The van der Waals surface area contributed by atoms with Gasteiger partial charge in [0, 0.05) is 24.2 Å². The van der Waals surface area contributed by atoms with E-state index in [0.29, 0.717) is 11.7 Å². The minimum absolute atomic E-state index is 0.233. The standard InChI is InChI=1S/C13H14N4O2/c1-17-4-3-9-10(17)5-8(6-11(9)18-2)13-15-12(7-14)19-16-13/h3-6H,7,14H2,1-2H3. The molecule has 6 heteroatoms. The normalized spacial score (nSPS) is 11.1. The molecule has 2 aromatic heterocycles. The quantitative estimate of drug-likeness (QED) is 0.773. The van der Waals surface area contributed by atoms with Crippen molar-refractivity contribution in [3.8, 4) is 17.1 Å². The van der Waals surface area contributed by atoms with Crippen molar-refractivity contribution in [2.45, 2.75) is 6.54 Å². The molecule has 0 radical (unpaired) electrons. The summed E-state index contributed by atoms with van der Waals surface area (Å²) in [5, 5.41) is 4.97. The third-order valence-corrected chi connectivity index (χ3v) is 3.09. The molecule has 0 amide bonds. The van der Waals surface area contributed by atoms with Gasteiger partial charge in [-0.2, -0.15) is 4.98 Å². The topological polar surface area (TPSA) is 79.1 Å². The van der Waals surface area contributed by atoms with E-state index in [1.54, 1.807) is 7.11 Å². The molecule has 0 saturated carbocycles. The Morgan fingerprint density at radius 1 is 1.42 bits per heavy atom. The van der Waals surface area contributed by atoms with Crippen molar-refractivity contribution in [2.75, 3.05) is 7.11 Å². The molecule has 1 aromatic carbocycles. The zero-order valence-electron chi connectivity index (χ0n) is 10.8. The van der Waals surface area contributed by atoms with E-state index in [9.17, 15) is 0 Å². The molecule has 0 atom stereocenters. The van der Waals surface area contributed by atoms with E-state index >= 15 is 0 Å². The maximum absolute atomic E-state index is 5.47. The summed E-state index contributed by atoms with van der Waals surface area (Å²) in [6, 6.07) is 5.91. The van der Waals surface area contributed by atoms with Gasteiger partial charge < -0.3 is 19.6 Å². The Kier molecular flexibility index (Phi) is 2.72. The molecule has 19 heavy (non-hydrogen) atoms. The molecule has 3 aromatic rings. The smallest absolute Gasteiger partial charge is 0.240 e. The van der Waals surface area contributed by atoms with E-state index < -0.39 is 0 Å². The van der Waals surface area contributed by atoms with Gasteiger partial charge in [-0.3, -0.25) is 0 Å². The molecule has 0 bridgehead atoms. The zero-order valence-corrected chi connectivity index (χ0v) is 10.8. The highest BCUT2D eigenvalue weighted by Gasteiger charge is 2.13. The Balaban J connectivity index is 2.20. The summed E-state index contributed by atoms with van der Waals surface area (Å²) in [7, 11) is 3.63. The van der Waals surface area contributed by atoms with Crippen LogP contribution in [-0.2, 0) is 13.6 Å². The molecule has 98 valence electrons. The van der Waals surface area contributed by atoms with Crippen molar-refractivity contribution in [1.82, 2.24) is 14.7 Å². The largest absolute Gasteiger partial charge is 0.496 e. The van der Waals surface area contributed by atoms with Crippen LogP contribution in [0.5, 0.6) is 5.75 Å². The van der Waals surface area contributed by atoms with E-state index in [1.165, 1.54) is 0 Å². The number of ether oxygens (including phenoxy) is 1. The van der Waals surface area contributed by atoms with Crippen molar-refractivity contribution < 1.29 is 9.26 Å². The maximum atomic E-state index is 5.47. The van der Waals surface area contributed by atoms with Crippen LogP contribution in [0.2, 0.25) is 0 Å². The molecule has 0 saturated heterocycles. The van der Waals surface area contributed by atoms with Gasteiger partial charge in [0.2, 0.25) is 11.7 Å². The van der Waals surface area contributed by atoms with Gasteiger partial charge in [-0.15, -0.1) is 0 Å². The molecule has 3 rings (SSSR count). The lowest BCUT2D eigenvalue weighted by Gasteiger charge is -2.05. The predicted molar refractivity (Wildman–Crippen MR) is 70.7 cm³/mol. The van der Waals surface area contributed by atoms with Gasteiger partial charge in [-0.1, -0.05) is 5.16 Å². The average molecular weight is 258 g/mol. The van der Waals surface area contributed by atoms with Crippen LogP contribution in [0.3, 0.4) is 0 Å². The summed E-state index contributed by atoms with van der Waals surface area (Å²) in [5.74, 6) is 1.72. The van der Waals surface area contributed by atoms with Gasteiger partial charge in [-0.25, -0.2) is 0 Å². The molecule has 0 fully saturated rings. The van der Waals surface area contributed by atoms with Crippen molar-refractivity contribution in [2.24, 2.45) is 12.8 Å². The molecule has 0 aliphatic carbocycles. The zero-order chi connectivity index (χ0) is 13.4. The lowest BCUT2D eigenvalue weighted by atomic mass is 10.1. The molecule has 0 aliphatic heterocycles. The van der Waals surface area contributed by atoms with Crippen LogP contribution in [0.4, 0.5) is 0 Å².